The lowest BCUT2D eigenvalue weighted by atomic mass is 9.83. The smallest absolute Gasteiger partial charge is 0.251 e. The van der Waals surface area contributed by atoms with E-state index in [0.29, 0.717) is 16.6 Å². The van der Waals surface area contributed by atoms with Gasteiger partial charge in [0.2, 0.25) is 0 Å². The van der Waals surface area contributed by atoms with Crippen LogP contribution in [0, 0.1) is 19.8 Å². The van der Waals surface area contributed by atoms with Gasteiger partial charge in [-0.05, 0) is 98.8 Å². The molecule has 2 aliphatic heterocycles. The number of amides is 1. The van der Waals surface area contributed by atoms with Crippen molar-refractivity contribution in [2.24, 2.45) is 5.92 Å². The van der Waals surface area contributed by atoms with Gasteiger partial charge in [-0.25, -0.2) is 0 Å². The number of aromatic nitrogens is 1. The van der Waals surface area contributed by atoms with Crippen LogP contribution in [0.25, 0.3) is 0 Å². The van der Waals surface area contributed by atoms with Gasteiger partial charge in [0.1, 0.15) is 0 Å². The molecule has 1 saturated carbocycles. The Bertz CT molecular complexity index is 1540. The number of hydrogen-bond acceptors (Lipinski definition) is 4. The van der Waals surface area contributed by atoms with E-state index in [9.17, 15) is 9.59 Å². The molecule has 3 aromatic rings. The first-order valence-corrected chi connectivity index (χ1v) is 16.3. The average molecular weight is 598 g/mol. The maximum atomic E-state index is 13.5. The molecule has 0 radical (unpaired) electrons. The van der Waals surface area contributed by atoms with Crippen molar-refractivity contribution >= 4 is 40.3 Å². The molecule has 8 heteroatoms. The summed E-state index contributed by atoms with van der Waals surface area (Å²) < 4.78 is 1.96. The SMILES string of the molecule is Cc1cc(C)cc(NC(=S)Nc2cc(C(=O)NC3CCCCCCC3)ccc2N2CC3CC(C2)c2cccc(=O)n2C3)c1. The molecule has 3 heterocycles. The molecule has 2 fully saturated rings. The lowest BCUT2D eigenvalue weighted by Crippen LogP contribution is -2.47. The Hall–Kier alpha value is -3.65. The molecular weight excluding hydrogens is 554 g/mol. The zero-order valence-corrected chi connectivity index (χ0v) is 26.1. The van der Waals surface area contributed by atoms with Gasteiger partial charge < -0.3 is 25.4 Å². The van der Waals surface area contributed by atoms with Gasteiger partial charge in [-0.2, -0.15) is 0 Å². The quantitative estimate of drug-likeness (QED) is 0.283. The van der Waals surface area contributed by atoms with Crippen LogP contribution >= 0.6 is 12.2 Å². The summed E-state index contributed by atoms with van der Waals surface area (Å²) in [7, 11) is 0. The van der Waals surface area contributed by atoms with Gasteiger partial charge in [-0.15, -0.1) is 0 Å². The van der Waals surface area contributed by atoms with Crippen molar-refractivity contribution in [3.05, 3.63) is 87.3 Å². The zero-order chi connectivity index (χ0) is 29.9. The van der Waals surface area contributed by atoms with Crippen LogP contribution in [0.5, 0.6) is 0 Å². The molecule has 2 atom stereocenters. The number of anilines is 3. The number of carbonyl (C=O) groups excluding carboxylic acids is 1. The summed E-state index contributed by atoms with van der Waals surface area (Å²) in [5, 5.41) is 10.6. The van der Waals surface area contributed by atoms with E-state index < -0.39 is 0 Å². The predicted molar refractivity (Wildman–Crippen MR) is 180 cm³/mol. The summed E-state index contributed by atoms with van der Waals surface area (Å²) >= 11 is 5.80. The second-order valence-corrected chi connectivity index (χ2v) is 13.2. The van der Waals surface area contributed by atoms with E-state index in [-0.39, 0.29) is 23.4 Å². The number of carbonyl (C=O) groups is 1. The third-order valence-corrected chi connectivity index (χ3v) is 9.45. The van der Waals surface area contributed by atoms with E-state index in [2.05, 4.69) is 65.0 Å². The monoisotopic (exact) mass is 597 g/mol. The van der Waals surface area contributed by atoms with Crippen LogP contribution < -0.4 is 26.4 Å². The summed E-state index contributed by atoms with van der Waals surface area (Å²) in [5.74, 6) is 0.621. The van der Waals surface area contributed by atoms with Crippen LogP contribution in [0.15, 0.2) is 59.4 Å². The maximum Gasteiger partial charge on any atom is 0.251 e. The molecule has 2 aromatic carbocycles. The average Bonchev–Trinajstić information content (AvgIpc) is 2.94. The summed E-state index contributed by atoms with van der Waals surface area (Å²) in [6.45, 7) is 6.53. The number of piperidine rings is 1. The van der Waals surface area contributed by atoms with Crippen LogP contribution in [0.2, 0.25) is 0 Å². The topological polar surface area (TPSA) is 78.4 Å². The summed E-state index contributed by atoms with van der Waals surface area (Å²) in [4.78, 5) is 28.5. The largest absolute Gasteiger partial charge is 0.369 e. The first-order valence-electron chi connectivity index (χ1n) is 15.9. The number of fused-ring (bicyclic) bond motifs is 4. The van der Waals surface area contributed by atoms with Crippen molar-refractivity contribution in [1.82, 2.24) is 9.88 Å². The van der Waals surface area contributed by atoms with Gasteiger partial charge >= 0.3 is 0 Å². The number of hydrogen-bond donors (Lipinski definition) is 3. The first kappa shape index (κ1) is 29.4. The number of nitrogens with one attached hydrogen (secondary N) is 3. The Morgan fingerprint density at radius 3 is 2.37 bits per heavy atom. The molecule has 3 aliphatic rings. The normalized spacial score (nSPS) is 20.4. The van der Waals surface area contributed by atoms with E-state index in [1.807, 2.05) is 22.8 Å². The molecule has 0 spiro atoms. The van der Waals surface area contributed by atoms with Crippen molar-refractivity contribution in [2.45, 2.75) is 83.7 Å². The predicted octanol–water partition coefficient (Wildman–Crippen LogP) is 6.74. The Morgan fingerprint density at radius 1 is 0.860 bits per heavy atom. The van der Waals surface area contributed by atoms with Gasteiger partial charge in [-0.3, -0.25) is 9.59 Å². The van der Waals surface area contributed by atoms with Gasteiger partial charge in [0.05, 0.1) is 11.4 Å². The molecule has 1 aromatic heterocycles. The minimum Gasteiger partial charge on any atom is -0.369 e. The summed E-state index contributed by atoms with van der Waals surface area (Å²) in [6.07, 6.45) is 9.29. The molecule has 3 N–H and O–H groups in total. The number of pyridine rings is 1. The van der Waals surface area contributed by atoms with Gasteiger partial charge in [-0.1, -0.05) is 44.2 Å². The molecule has 43 heavy (non-hydrogen) atoms. The highest BCUT2D eigenvalue weighted by Gasteiger charge is 2.35. The van der Waals surface area contributed by atoms with Gasteiger partial charge in [0, 0.05) is 54.6 Å². The molecule has 1 amide bonds. The highest BCUT2D eigenvalue weighted by Crippen LogP contribution is 2.39. The van der Waals surface area contributed by atoms with Crippen molar-refractivity contribution in [2.75, 3.05) is 28.6 Å². The Kier molecular flexibility index (Phi) is 8.84. The third kappa shape index (κ3) is 6.96. The number of rotatable bonds is 5. The van der Waals surface area contributed by atoms with Crippen LogP contribution in [-0.2, 0) is 6.54 Å². The minimum atomic E-state index is -0.0304. The van der Waals surface area contributed by atoms with Gasteiger partial charge in [0.15, 0.2) is 5.11 Å². The maximum absolute atomic E-state index is 13.5. The Balaban J connectivity index is 1.27. The third-order valence-electron chi connectivity index (χ3n) is 9.25. The lowest BCUT2D eigenvalue weighted by Gasteiger charge is -2.44. The van der Waals surface area contributed by atoms with E-state index in [0.717, 1.165) is 72.8 Å². The number of nitrogens with zero attached hydrogens (tertiary/aromatic N) is 2. The highest BCUT2D eigenvalue weighted by molar-refractivity contribution is 7.80. The van der Waals surface area contributed by atoms with Crippen LogP contribution in [-0.4, -0.2) is 34.7 Å². The fraction of sp³-hybridized carbons (Fsp3) is 0.457. The number of aryl methyl sites for hydroxylation is 2. The second-order valence-electron chi connectivity index (χ2n) is 12.8. The fourth-order valence-corrected chi connectivity index (χ4v) is 7.57. The van der Waals surface area contributed by atoms with E-state index >= 15 is 0 Å². The lowest BCUT2D eigenvalue weighted by molar-refractivity contribution is 0.0930. The van der Waals surface area contributed by atoms with Crippen LogP contribution in [0.1, 0.15) is 84.5 Å². The fourth-order valence-electron chi connectivity index (χ4n) is 7.35. The molecule has 6 rings (SSSR count). The number of benzene rings is 2. The highest BCUT2D eigenvalue weighted by atomic mass is 32.1. The molecule has 2 bridgehead atoms. The second kappa shape index (κ2) is 12.9. The zero-order valence-electron chi connectivity index (χ0n) is 25.3. The molecule has 226 valence electrons. The van der Waals surface area contributed by atoms with Crippen molar-refractivity contribution < 1.29 is 4.79 Å². The van der Waals surface area contributed by atoms with Gasteiger partial charge in [0.25, 0.3) is 11.5 Å². The molecule has 1 saturated heterocycles. The molecular formula is C35H43N5O2S. The van der Waals surface area contributed by atoms with Crippen molar-refractivity contribution in [1.29, 1.82) is 0 Å². The minimum absolute atomic E-state index is 0.0304. The van der Waals surface area contributed by atoms with E-state index in [4.69, 9.17) is 12.2 Å². The van der Waals surface area contributed by atoms with Crippen molar-refractivity contribution in [3.8, 4) is 0 Å². The number of thiocarbonyl (C=S) groups is 1. The van der Waals surface area contributed by atoms with Crippen molar-refractivity contribution in [3.63, 3.8) is 0 Å². The first-order chi connectivity index (χ1) is 20.8. The summed E-state index contributed by atoms with van der Waals surface area (Å²) in [5.41, 5.74) is 6.94. The summed E-state index contributed by atoms with van der Waals surface area (Å²) in [6, 6.07) is 18.1. The van der Waals surface area contributed by atoms with E-state index in [1.54, 1.807) is 6.07 Å². The molecule has 1 aliphatic carbocycles. The Morgan fingerprint density at radius 2 is 1.60 bits per heavy atom. The van der Waals surface area contributed by atoms with Crippen LogP contribution in [0.4, 0.5) is 17.1 Å². The van der Waals surface area contributed by atoms with E-state index in [1.165, 1.54) is 32.1 Å². The standard InChI is InChI=1S/C35H43N5O2S/c1-23-15-24(2)17-29(16-23)37-35(43)38-30-19-26(34(42)36-28-9-6-4-3-5-7-10-28)13-14-32(30)39-20-25-18-27(22-39)31-11-8-12-33(41)40(31)21-25/h8,11-17,19,25,27-28H,3-7,9-10,18,20-22H2,1-2H3,(H,36,42)(H2,37,38,43). The molecule has 2 unspecified atom stereocenters. The van der Waals surface area contributed by atoms with Crippen LogP contribution in [0.3, 0.4) is 0 Å². The molecule has 7 nitrogen and oxygen atoms in total. The Labute approximate surface area is 260 Å².